The van der Waals surface area contributed by atoms with Gasteiger partial charge in [0.15, 0.2) is 0 Å². The minimum atomic E-state index is -0.487. The molecule has 3 aromatic carbocycles. The van der Waals surface area contributed by atoms with Gasteiger partial charge in [0, 0.05) is 0 Å². The fourth-order valence-corrected chi connectivity index (χ4v) is 5.02. The summed E-state index contributed by atoms with van der Waals surface area (Å²) in [6, 6.07) is 30.8. The molecule has 0 aromatic heterocycles. The molecule has 0 saturated heterocycles. The first kappa shape index (κ1) is 15.0. The maximum atomic E-state index is 2.37. The molecule has 0 N–H and O–H groups in total. The quantitative estimate of drug-likeness (QED) is 0.619. The van der Waals surface area contributed by atoms with Crippen LogP contribution in [-0.4, -0.2) is 0 Å². The standard InChI is InChI=1S/C21H20P/c1-2-10-18-11-9-16-21(17-18)22(19-12-5-3-6-13-19)20-14-7-4-8-15-20/h2-9,11-17H,10H2,1H3. The van der Waals surface area contributed by atoms with Gasteiger partial charge in [0.2, 0.25) is 0 Å². The largest absolute Gasteiger partial charge is 0.0622 e. The summed E-state index contributed by atoms with van der Waals surface area (Å²) < 4.78 is 0. The van der Waals surface area contributed by atoms with Crippen LogP contribution in [0.2, 0.25) is 0 Å². The van der Waals surface area contributed by atoms with Gasteiger partial charge in [-0.15, -0.1) is 0 Å². The Hall–Kier alpha value is -1.91. The molecule has 0 fully saturated rings. The van der Waals surface area contributed by atoms with Crippen molar-refractivity contribution in [2.75, 3.05) is 0 Å². The fourth-order valence-electron chi connectivity index (χ4n) is 2.66. The van der Waals surface area contributed by atoms with Gasteiger partial charge >= 0.3 is 0 Å². The summed E-state index contributed by atoms with van der Waals surface area (Å²) in [6.07, 6.45) is 3.24. The van der Waals surface area contributed by atoms with E-state index in [1.165, 1.54) is 21.5 Å². The van der Waals surface area contributed by atoms with Crippen LogP contribution in [0, 0.1) is 6.42 Å². The van der Waals surface area contributed by atoms with E-state index in [0.717, 1.165) is 6.42 Å². The Labute approximate surface area is 134 Å². The maximum absolute atomic E-state index is 2.37. The first-order valence-corrected chi connectivity index (χ1v) is 8.99. The Morgan fingerprint density at radius 2 is 1.23 bits per heavy atom. The zero-order chi connectivity index (χ0) is 15.2. The average Bonchev–Trinajstić information content (AvgIpc) is 2.58. The highest BCUT2D eigenvalue weighted by Gasteiger charge is 2.16. The first-order chi connectivity index (χ1) is 10.9. The third kappa shape index (κ3) is 3.46. The summed E-state index contributed by atoms with van der Waals surface area (Å²) in [4.78, 5) is 0. The van der Waals surface area contributed by atoms with Gasteiger partial charge in [0.05, 0.1) is 0 Å². The monoisotopic (exact) mass is 303 g/mol. The van der Waals surface area contributed by atoms with Crippen LogP contribution in [0.5, 0.6) is 0 Å². The summed E-state index contributed by atoms with van der Waals surface area (Å²) in [6.45, 7) is 2.11. The Kier molecular flexibility index (Phi) is 5.03. The topological polar surface area (TPSA) is 0 Å². The third-order valence-corrected chi connectivity index (χ3v) is 6.06. The van der Waals surface area contributed by atoms with E-state index >= 15 is 0 Å². The molecule has 0 aliphatic rings. The van der Waals surface area contributed by atoms with E-state index in [-0.39, 0.29) is 0 Å². The van der Waals surface area contributed by atoms with Crippen LogP contribution < -0.4 is 15.9 Å². The molecule has 0 amide bonds. The minimum Gasteiger partial charge on any atom is -0.0622 e. The molecule has 3 rings (SSSR count). The molecule has 0 spiro atoms. The molecule has 0 bridgehead atoms. The summed E-state index contributed by atoms with van der Waals surface area (Å²) in [5.74, 6) is 0. The molecule has 0 aliphatic heterocycles. The molecule has 0 nitrogen and oxygen atoms in total. The number of hydrogen-bond donors (Lipinski definition) is 0. The second-order valence-corrected chi connectivity index (χ2v) is 7.51. The van der Waals surface area contributed by atoms with Gasteiger partial charge in [-0.2, -0.15) is 0 Å². The Morgan fingerprint density at radius 1 is 0.682 bits per heavy atom. The van der Waals surface area contributed by atoms with Crippen molar-refractivity contribution in [3.8, 4) is 0 Å². The Morgan fingerprint density at radius 3 is 1.77 bits per heavy atom. The lowest BCUT2D eigenvalue weighted by Gasteiger charge is -2.20. The van der Waals surface area contributed by atoms with Gasteiger partial charge in [-0.25, -0.2) is 0 Å². The molecule has 0 atom stereocenters. The van der Waals surface area contributed by atoms with Crippen LogP contribution in [-0.2, 0) is 6.42 Å². The van der Waals surface area contributed by atoms with E-state index in [1.54, 1.807) is 0 Å². The molecule has 1 radical (unpaired) electrons. The van der Waals surface area contributed by atoms with Gasteiger partial charge in [-0.3, -0.25) is 0 Å². The van der Waals surface area contributed by atoms with E-state index in [9.17, 15) is 0 Å². The normalized spacial score (nSPS) is 10.8. The van der Waals surface area contributed by atoms with E-state index in [4.69, 9.17) is 0 Å². The van der Waals surface area contributed by atoms with Crippen LogP contribution in [0.1, 0.15) is 12.5 Å². The summed E-state index contributed by atoms with van der Waals surface area (Å²) >= 11 is 0. The van der Waals surface area contributed by atoms with Crippen molar-refractivity contribution in [3.05, 3.63) is 96.9 Å². The first-order valence-electron chi connectivity index (χ1n) is 7.65. The molecule has 0 saturated carbocycles. The highest BCUT2D eigenvalue weighted by atomic mass is 31.1. The molecule has 3 aromatic rings. The van der Waals surface area contributed by atoms with Gasteiger partial charge in [-0.1, -0.05) is 91.9 Å². The van der Waals surface area contributed by atoms with E-state index in [0.29, 0.717) is 0 Å². The predicted molar refractivity (Wildman–Crippen MR) is 98.8 cm³/mol. The third-order valence-electron chi connectivity index (χ3n) is 3.64. The fraction of sp³-hybridized carbons (Fsp3) is 0.0952. The lowest BCUT2D eigenvalue weighted by Crippen LogP contribution is -2.20. The lowest BCUT2D eigenvalue weighted by molar-refractivity contribution is 1.15. The zero-order valence-electron chi connectivity index (χ0n) is 12.8. The van der Waals surface area contributed by atoms with Gasteiger partial charge < -0.3 is 0 Å². The van der Waals surface area contributed by atoms with Crippen LogP contribution >= 0.6 is 7.92 Å². The molecular formula is C21H20P. The van der Waals surface area contributed by atoms with Crippen LogP contribution in [0.15, 0.2) is 84.9 Å². The molecule has 0 heterocycles. The van der Waals surface area contributed by atoms with Crippen molar-refractivity contribution in [1.29, 1.82) is 0 Å². The van der Waals surface area contributed by atoms with Crippen LogP contribution in [0.3, 0.4) is 0 Å². The molecular weight excluding hydrogens is 283 g/mol. The van der Waals surface area contributed by atoms with E-state index < -0.39 is 7.92 Å². The molecule has 0 unspecified atom stereocenters. The predicted octanol–water partition coefficient (Wildman–Crippen LogP) is 4.21. The number of hydrogen-bond acceptors (Lipinski definition) is 0. The zero-order valence-corrected chi connectivity index (χ0v) is 13.7. The van der Waals surface area contributed by atoms with Crippen molar-refractivity contribution in [3.63, 3.8) is 0 Å². The Bertz CT molecular complexity index is 665. The lowest BCUT2D eigenvalue weighted by atomic mass is 10.1. The van der Waals surface area contributed by atoms with Gasteiger partial charge in [0.25, 0.3) is 0 Å². The van der Waals surface area contributed by atoms with Gasteiger partial charge in [0.1, 0.15) is 0 Å². The van der Waals surface area contributed by atoms with Crippen molar-refractivity contribution < 1.29 is 0 Å². The molecule has 0 aliphatic carbocycles. The van der Waals surface area contributed by atoms with Crippen LogP contribution in [0.25, 0.3) is 0 Å². The van der Waals surface area contributed by atoms with Gasteiger partial charge in [-0.05, 0) is 42.2 Å². The van der Waals surface area contributed by atoms with Crippen molar-refractivity contribution in [2.45, 2.75) is 13.3 Å². The second kappa shape index (κ2) is 7.38. The smallest absolute Gasteiger partial charge is 0.0134 e. The molecule has 109 valence electrons. The average molecular weight is 303 g/mol. The van der Waals surface area contributed by atoms with E-state index in [2.05, 4.69) is 98.3 Å². The number of rotatable bonds is 5. The van der Waals surface area contributed by atoms with E-state index in [1.807, 2.05) is 0 Å². The summed E-state index contributed by atoms with van der Waals surface area (Å²) in [5, 5.41) is 4.23. The Balaban J connectivity index is 2.08. The minimum absolute atomic E-state index is 0.487. The maximum Gasteiger partial charge on any atom is -0.0134 e. The van der Waals surface area contributed by atoms with Crippen molar-refractivity contribution >= 4 is 23.8 Å². The summed E-state index contributed by atoms with van der Waals surface area (Å²) in [7, 11) is -0.487. The molecule has 1 heteroatoms. The van der Waals surface area contributed by atoms with Crippen LogP contribution in [0.4, 0.5) is 0 Å². The highest BCUT2D eigenvalue weighted by molar-refractivity contribution is 7.79. The summed E-state index contributed by atoms with van der Waals surface area (Å²) in [5.41, 5.74) is 1.39. The number of benzene rings is 3. The molecule has 22 heavy (non-hydrogen) atoms. The second-order valence-electron chi connectivity index (χ2n) is 5.29. The van der Waals surface area contributed by atoms with Crippen molar-refractivity contribution in [1.82, 2.24) is 0 Å². The van der Waals surface area contributed by atoms with Crippen molar-refractivity contribution in [2.24, 2.45) is 0 Å². The SMILES string of the molecule is C[CH]Cc1cccc(P(c2ccccc2)c2ccccc2)c1. The highest BCUT2D eigenvalue weighted by Crippen LogP contribution is 2.32.